The number of hydrogen-bond acceptors (Lipinski definition) is 3. The number of nitrogens with one attached hydrogen (secondary N) is 1. The normalized spacial score (nSPS) is 20.0. The molecule has 0 radical (unpaired) electrons. The number of carbonyl (C=O) groups excluding carboxylic acids is 2. The molecule has 128 valence electrons. The first kappa shape index (κ1) is 16.9. The lowest BCUT2D eigenvalue weighted by molar-refractivity contribution is -0.118. The molecule has 1 aromatic carbocycles. The van der Waals surface area contributed by atoms with Crippen molar-refractivity contribution in [3.63, 3.8) is 0 Å². The Hall–Kier alpha value is -2.95. The predicted octanol–water partition coefficient (Wildman–Crippen LogP) is 3.05. The molecule has 3 rings (SSSR count). The average molecular weight is 336 g/mol. The van der Waals surface area contributed by atoms with Crippen molar-refractivity contribution in [2.45, 2.75) is 25.9 Å². The van der Waals surface area contributed by atoms with Gasteiger partial charge in [-0.2, -0.15) is 0 Å². The van der Waals surface area contributed by atoms with E-state index in [1.54, 1.807) is 36.4 Å². The standard InChI is InChI=1S/C20H20N2O3/c1-2-3-12-21-19(23)15-10-8-14(9-11-15)13-18-20(24)22-16-6-4-5-7-17(16)25-18/h4-11,13,17H,2-3,12H2,1H3,(H,21,23)/b18-13-. The van der Waals surface area contributed by atoms with Crippen molar-refractivity contribution in [2.24, 2.45) is 4.99 Å². The van der Waals surface area contributed by atoms with E-state index in [4.69, 9.17) is 4.74 Å². The summed E-state index contributed by atoms with van der Waals surface area (Å²) in [6.07, 6.45) is 10.6. The Balaban J connectivity index is 1.70. The van der Waals surface area contributed by atoms with E-state index >= 15 is 0 Å². The molecule has 2 amide bonds. The number of aliphatic imine (C=N–C) groups is 1. The fraction of sp³-hybridized carbons (Fsp3) is 0.250. The van der Waals surface area contributed by atoms with Crippen LogP contribution >= 0.6 is 0 Å². The van der Waals surface area contributed by atoms with Gasteiger partial charge in [-0.05, 0) is 42.3 Å². The molecule has 5 heteroatoms. The fourth-order valence-corrected chi connectivity index (χ4v) is 2.53. The van der Waals surface area contributed by atoms with E-state index in [2.05, 4.69) is 17.2 Å². The Bertz CT molecular complexity index is 786. The van der Waals surface area contributed by atoms with Gasteiger partial charge >= 0.3 is 5.91 Å². The number of unbranched alkanes of at least 4 members (excludes halogenated alkanes) is 1. The summed E-state index contributed by atoms with van der Waals surface area (Å²) in [5, 5.41) is 2.87. The van der Waals surface area contributed by atoms with Crippen LogP contribution in [0.3, 0.4) is 0 Å². The lowest BCUT2D eigenvalue weighted by Gasteiger charge is -2.22. The highest BCUT2D eigenvalue weighted by molar-refractivity contribution is 6.13. The van der Waals surface area contributed by atoms with Crippen molar-refractivity contribution >= 4 is 23.6 Å². The SMILES string of the molecule is CCCCNC(=O)c1ccc(/C=C2\OC3C=CC=CC3=NC2=O)cc1. The molecule has 2 aliphatic rings. The molecule has 1 atom stereocenters. The Morgan fingerprint density at radius 3 is 2.84 bits per heavy atom. The van der Waals surface area contributed by atoms with Gasteiger partial charge in [0, 0.05) is 12.1 Å². The van der Waals surface area contributed by atoms with Crippen LogP contribution in [0.4, 0.5) is 0 Å². The summed E-state index contributed by atoms with van der Waals surface area (Å²) >= 11 is 0. The number of carbonyl (C=O) groups is 2. The average Bonchev–Trinajstić information content (AvgIpc) is 2.63. The van der Waals surface area contributed by atoms with E-state index in [-0.39, 0.29) is 17.8 Å². The smallest absolute Gasteiger partial charge is 0.312 e. The zero-order chi connectivity index (χ0) is 17.6. The van der Waals surface area contributed by atoms with Crippen LogP contribution in [0.25, 0.3) is 6.08 Å². The quantitative estimate of drug-likeness (QED) is 0.664. The largest absolute Gasteiger partial charge is 0.474 e. The van der Waals surface area contributed by atoms with Crippen molar-refractivity contribution in [1.82, 2.24) is 5.32 Å². The first-order valence-electron chi connectivity index (χ1n) is 8.42. The zero-order valence-electron chi connectivity index (χ0n) is 14.1. The minimum absolute atomic E-state index is 0.0917. The molecule has 1 N–H and O–H groups in total. The van der Waals surface area contributed by atoms with Crippen LogP contribution in [0.2, 0.25) is 0 Å². The Morgan fingerprint density at radius 1 is 1.28 bits per heavy atom. The third-order valence-corrected chi connectivity index (χ3v) is 3.94. The van der Waals surface area contributed by atoms with Crippen molar-refractivity contribution in [3.8, 4) is 0 Å². The van der Waals surface area contributed by atoms with Gasteiger partial charge in [0.15, 0.2) is 11.9 Å². The molecular weight excluding hydrogens is 316 g/mol. The zero-order valence-corrected chi connectivity index (χ0v) is 14.1. The summed E-state index contributed by atoms with van der Waals surface area (Å²) in [5.74, 6) is -0.285. The maximum Gasteiger partial charge on any atom is 0.312 e. The van der Waals surface area contributed by atoms with Crippen molar-refractivity contribution in [2.75, 3.05) is 6.54 Å². The monoisotopic (exact) mass is 336 g/mol. The van der Waals surface area contributed by atoms with Crippen LogP contribution in [0.5, 0.6) is 0 Å². The maximum absolute atomic E-state index is 12.1. The number of benzene rings is 1. The number of nitrogens with zero attached hydrogens (tertiary/aromatic N) is 1. The van der Waals surface area contributed by atoms with Crippen LogP contribution in [-0.4, -0.2) is 30.2 Å². The Kier molecular flexibility index (Phi) is 5.23. The minimum Gasteiger partial charge on any atom is -0.474 e. The van der Waals surface area contributed by atoms with Crippen LogP contribution in [0.1, 0.15) is 35.7 Å². The van der Waals surface area contributed by atoms with Crippen LogP contribution in [0, 0.1) is 0 Å². The first-order chi connectivity index (χ1) is 12.2. The molecule has 0 saturated carbocycles. The predicted molar refractivity (Wildman–Crippen MR) is 97.3 cm³/mol. The number of allylic oxidation sites excluding steroid dienone is 2. The van der Waals surface area contributed by atoms with Gasteiger partial charge in [-0.1, -0.05) is 37.6 Å². The van der Waals surface area contributed by atoms with E-state index in [9.17, 15) is 9.59 Å². The molecule has 25 heavy (non-hydrogen) atoms. The molecule has 0 bridgehead atoms. The highest BCUT2D eigenvalue weighted by atomic mass is 16.5. The maximum atomic E-state index is 12.1. The number of rotatable bonds is 5. The minimum atomic E-state index is -0.396. The molecule has 0 fully saturated rings. The second-order valence-electron chi connectivity index (χ2n) is 5.86. The summed E-state index contributed by atoms with van der Waals surface area (Å²) in [5.41, 5.74) is 1.99. The van der Waals surface area contributed by atoms with E-state index in [0.717, 1.165) is 18.4 Å². The third kappa shape index (κ3) is 4.12. The van der Waals surface area contributed by atoms with Gasteiger partial charge in [0.1, 0.15) is 0 Å². The topological polar surface area (TPSA) is 67.8 Å². The molecule has 1 aromatic rings. The molecule has 0 aromatic heterocycles. The van der Waals surface area contributed by atoms with Gasteiger partial charge in [-0.25, -0.2) is 4.99 Å². The molecule has 1 heterocycles. The summed E-state index contributed by atoms with van der Waals surface area (Å²) in [7, 11) is 0. The van der Waals surface area contributed by atoms with E-state index in [0.29, 0.717) is 17.8 Å². The number of hydrogen-bond donors (Lipinski definition) is 1. The van der Waals surface area contributed by atoms with E-state index in [1.165, 1.54) is 0 Å². The summed E-state index contributed by atoms with van der Waals surface area (Å²) in [4.78, 5) is 28.1. The highest BCUT2D eigenvalue weighted by Crippen LogP contribution is 2.20. The van der Waals surface area contributed by atoms with Gasteiger partial charge in [-0.15, -0.1) is 0 Å². The second kappa shape index (κ2) is 7.75. The van der Waals surface area contributed by atoms with Crippen LogP contribution < -0.4 is 5.32 Å². The van der Waals surface area contributed by atoms with Gasteiger partial charge in [0.25, 0.3) is 5.91 Å². The van der Waals surface area contributed by atoms with Crippen molar-refractivity contribution < 1.29 is 14.3 Å². The van der Waals surface area contributed by atoms with Gasteiger partial charge in [0.2, 0.25) is 0 Å². The highest BCUT2D eigenvalue weighted by Gasteiger charge is 2.26. The van der Waals surface area contributed by atoms with Crippen LogP contribution in [-0.2, 0) is 9.53 Å². The molecular formula is C20H20N2O3. The fourth-order valence-electron chi connectivity index (χ4n) is 2.53. The lowest BCUT2D eigenvalue weighted by Crippen LogP contribution is -2.29. The molecule has 0 spiro atoms. The molecule has 5 nitrogen and oxygen atoms in total. The molecule has 0 saturated heterocycles. The number of amides is 2. The van der Waals surface area contributed by atoms with Crippen molar-refractivity contribution in [3.05, 3.63) is 65.5 Å². The Labute approximate surface area is 146 Å². The van der Waals surface area contributed by atoms with Gasteiger partial charge < -0.3 is 10.1 Å². The summed E-state index contributed by atoms with van der Waals surface area (Å²) < 4.78 is 5.71. The molecule has 1 aliphatic carbocycles. The summed E-state index contributed by atoms with van der Waals surface area (Å²) in [6.45, 7) is 2.75. The van der Waals surface area contributed by atoms with Crippen molar-refractivity contribution in [1.29, 1.82) is 0 Å². The second-order valence-corrected chi connectivity index (χ2v) is 5.86. The number of ether oxygens (including phenoxy) is 1. The Morgan fingerprint density at radius 2 is 2.08 bits per heavy atom. The third-order valence-electron chi connectivity index (χ3n) is 3.94. The number of fused-ring (bicyclic) bond motifs is 1. The molecule has 1 aliphatic heterocycles. The summed E-state index contributed by atoms with van der Waals surface area (Å²) in [6, 6.07) is 7.04. The van der Waals surface area contributed by atoms with Crippen LogP contribution in [0.15, 0.2) is 59.3 Å². The van der Waals surface area contributed by atoms with E-state index < -0.39 is 5.91 Å². The first-order valence-corrected chi connectivity index (χ1v) is 8.42. The van der Waals surface area contributed by atoms with E-state index in [1.807, 2.05) is 18.2 Å². The molecule has 1 unspecified atom stereocenters. The van der Waals surface area contributed by atoms with Gasteiger partial charge in [0.05, 0.1) is 5.71 Å². The lowest BCUT2D eigenvalue weighted by atomic mass is 10.1. The van der Waals surface area contributed by atoms with Gasteiger partial charge in [-0.3, -0.25) is 9.59 Å².